The summed E-state index contributed by atoms with van der Waals surface area (Å²) in [6, 6.07) is 2.06. The summed E-state index contributed by atoms with van der Waals surface area (Å²) in [5.41, 5.74) is 2.44. The van der Waals surface area contributed by atoms with Crippen LogP contribution >= 0.6 is 11.3 Å². The molecular weight excluding hydrogens is 346 g/mol. The number of nitrogens with one attached hydrogen (secondary N) is 1. The molecule has 140 valence electrons. The average Bonchev–Trinajstić information content (AvgIpc) is 3.31. The van der Waals surface area contributed by atoms with Crippen LogP contribution in [0, 0.1) is 0 Å². The molecule has 1 N–H and O–H groups in total. The monoisotopic (exact) mass is 373 g/mol. The van der Waals surface area contributed by atoms with Crippen molar-refractivity contribution in [3.05, 3.63) is 33.7 Å². The largest absolute Gasteiger partial charge is 0.381 e. The van der Waals surface area contributed by atoms with Crippen molar-refractivity contribution in [2.24, 2.45) is 0 Å². The van der Waals surface area contributed by atoms with E-state index in [9.17, 15) is 0 Å². The second-order valence-corrected chi connectivity index (χ2v) is 8.41. The van der Waals surface area contributed by atoms with Crippen molar-refractivity contribution in [2.45, 2.75) is 44.6 Å². The lowest BCUT2D eigenvalue weighted by Gasteiger charge is -2.16. The van der Waals surface area contributed by atoms with E-state index in [4.69, 9.17) is 9.72 Å². The molecule has 0 radical (unpaired) electrons. The number of likely N-dealkylation sites (N-methyl/N-ethyl adjacent to an activating group) is 1. The minimum atomic E-state index is 0.414. The number of aryl methyl sites for hydroxylation is 2. The average molecular weight is 374 g/mol. The second kappa shape index (κ2) is 8.41. The standard InChI is InChI=1S/C19H27N5OS/c1-24(11-19-23-15-4-2-3-5-17(15)26-19)8-7-20-18-10-16(21-13-22-18)14-6-9-25-12-14/h10,13-14H,2-9,11-12H2,1H3,(H,20,21,22)/t14-/m1/s1. The number of ether oxygens (including phenoxy) is 1. The van der Waals surface area contributed by atoms with Gasteiger partial charge in [-0.15, -0.1) is 11.3 Å². The van der Waals surface area contributed by atoms with E-state index in [1.54, 1.807) is 6.33 Å². The predicted octanol–water partition coefficient (Wildman–Crippen LogP) is 2.86. The molecule has 0 unspecified atom stereocenters. The van der Waals surface area contributed by atoms with Crippen LogP contribution in [0.15, 0.2) is 12.4 Å². The van der Waals surface area contributed by atoms with E-state index >= 15 is 0 Å². The molecule has 2 aromatic rings. The lowest BCUT2D eigenvalue weighted by Crippen LogP contribution is -2.25. The highest BCUT2D eigenvalue weighted by Crippen LogP contribution is 2.27. The Morgan fingerprint density at radius 3 is 3.08 bits per heavy atom. The fourth-order valence-electron chi connectivity index (χ4n) is 3.62. The smallest absolute Gasteiger partial charge is 0.129 e. The van der Waals surface area contributed by atoms with Crippen molar-refractivity contribution in [1.82, 2.24) is 19.9 Å². The van der Waals surface area contributed by atoms with Crippen LogP contribution in [0.1, 0.15) is 46.5 Å². The molecule has 0 aromatic carbocycles. The number of thiazole rings is 1. The number of fused-ring (bicyclic) bond motifs is 1. The van der Waals surface area contributed by atoms with Crippen LogP contribution in [0.3, 0.4) is 0 Å². The summed E-state index contributed by atoms with van der Waals surface area (Å²) in [6.45, 7) is 4.35. The zero-order chi connectivity index (χ0) is 17.8. The maximum absolute atomic E-state index is 5.46. The Kier molecular flexibility index (Phi) is 5.77. The Hall–Kier alpha value is -1.57. The third kappa shape index (κ3) is 4.39. The number of rotatable bonds is 7. The van der Waals surface area contributed by atoms with Gasteiger partial charge < -0.3 is 10.1 Å². The molecule has 0 spiro atoms. The first kappa shape index (κ1) is 17.8. The predicted molar refractivity (Wildman–Crippen MR) is 104 cm³/mol. The Morgan fingerprint density at radius 1 is 1.31 bits per heavy atom. The summed E-state index contributed by atoms with van der Waals surface area (Å²) >= 11 is 1.90. The molecule has 1 aliphatic carbocycles. The normalized spacial score (nSPS) is 19.7. The SMILES string of the molecule is CN(CCNc1cc([C@@H]2CCOC2)ncn1)Cc1nc2c(s1)CCCC2. The Balaban J connectivity index is 1.25. The van der Waals surface area contributed by atoms with Gasteiger partial charge >= 0.3 is 0 Å². The maximum atomic E-state index is 5.46. The zero-order valence-corrected chi connectivity index (χ0v) is 16.2. The number of hydrogen-bond donors (Lipinski definition) is 1. The molecule has 0 amide bonds. The van der Waals surface area contributed by atoms with Gasteiger partial charge in [0.25, 0.3) is 0 Å². The van der Waals surface area contributed by atoms with E-state index in [-0.39, 0.29) is 0 Å². The highest BCUT2D eigenvalue weighted by molar-refractivity contribution is 7.11. The maximum Gasteiger partial charge on any atom is 0.129 e. The van der Waals surface area contributed by atoms with Gasteiger partial charge in [0.2, 0.25) is 0 Å². The van der Waals surface area contributed by atoms with Crippen LogP contribution in [0.4, 0.5) is 5.82 Å². The summed E-state index contributed by atoms with van der Waals surface area (Å²) < 4.78 is 5.46. The topological polar surface area (TPSA) is 63.2 Å². The van der Waals surface area contributed by atoms with Gasteiger partial charge in [-0.2, -0.15) is 0 Å². The van der Waals surface area contributed by atoms with Gasteiger partial charge in [-0.05, 0) is 39.2 Å². The number of aromatic nitrogens is 3. The number of nitrogens with zero attached hydrogens (tertiary/aromatic N) is 4. The lowest BCUT2D eigenvalue weighted by molar-refractivity contribution is 0.193. The van der Waals surface area contributed by atoms with E-state index in [0.29, 0.717) is 5.92 Å². The fraction of sp³-hybridized carbons (Fsp3) is 0.632. The van der Waals surface area contributed by atoms with Crippen LogP contribution in [-0.4, -0.2) is 53.2 Å². The van der Waals surface area contributed by atoms with Crippen LogP contribution in [0.5, 0.6) is 0 Å². The number of anilines is 1. The molecule has 2 aliphatic rings. The third-order valence-electron chi connectivity index (χ3n) is 5.13. The van der Waals surface area contributed by atoms with Crippen molar-refractivity contribution < 1.29 is 4.74 Å². The summed E-state index contributed by atoms with van der Waals surface area (Å²) in [4.78, 5) is 17.4. The van der Waals surface area contributed by atoms with Crippen molar-refractivity contribution in [3.63, 3.8) is 0 Å². The molecule has 2 aromatic heterocycles. The Labute approximate surface area is 159 Å². The molecule has 0 saturated carbocycles. The van der Waals surface area contributed by atoms with Gasteiger partial charge in [-0.3, -0.25) is 4.90 Å². The molecular formula is C19H27N5OS. The first-order valence-electron chi connectivity index (χ1n) is 9.57. The van der Waals surface area contributed by atoms with Gasteiger partial charge in [0.1, 0.15) is 17.2 Å². The minimum absolute atomic E-state index is 0.414. The zero-order valence-electron chi connectivity index (χ0n) is 15.4. The molecule has 1 atom stereocenters. The molecule has 0 bridgehead atoms. The van der Waals surface area contributed by atoms with Crippen molar-refractivity contribution >= 4 is 17.2 Å². The molecule has 6 nitrogen and oxygen atoms in total. The summed E-state index contributed by atoms with van der Waals surface area (Å²) in [5.74, 6) is 1.32. The summed E-state index contributed by atoms with van der Waals surface area (Å²) in [5, 5.41) is 4.68. The minimum Gasteiger partial charge on any atom is -0.381 e. The van der Waals surface area contributed by atoms with E-state index in [1.807, 2.05) is 11.3 Å². The first-order chi connectivity index (χ1) is 12.8. The van der Waals surface area contributed by atoms with Gasteiger partial charge in [-0.1, -0.05) is 0 Å². The first-order valence-corrected chi connectivity index (χ1v) is 10.4. The van der Waals surface area contributed by atoms with E-state index in [1.165, 1.54) is 41.3 Å². The quantitative estimate of drug-likeness (QED) is 0.805. The third-order valence-corrected chi connectivity index (χ3v) is 6.27. The Bertz CT molecular complexity index is 705. The van der Waals surface area contributed by atoms with Gasteiger partial charge in [0, 0.05) is 36.6 Å². The van der Waals surface area contributed by atoms with E-state index < -0.39 is 0 Å². The molecule has 7 heteroatoms. The van der Waals surface area contributed by atoms with Gasteiger partial charge in [0.15, 0.2) is 0 Å². The molecule has 1 fully saturated rings. The summed E-state index contributed by atoms with van der Waals surface area (Å²) in [6.07, 6.45) is 7.71. The van der Waals surface area contributed by atoms with Gasteiger partial charge in [0.05, 0.1) is 24.5 Å². The lowest BCUT2D eigenvalue weighted by atomic mass is 10.0. The fourth-order valence-corrected chi connectivity index (χ4v) is 4.86. The highest BCUT2D eigenvalue weighted by atomic mass is 32.1. The number of hydrogen-bond acceptors (Lipinski definition) is 7. The van der Waals surface area contributed by atoms with E-state index in [0.717, 1.165) is 50.8 Å². The molecule has 4 rings (SSSR count). The van der Waals surface area contributed by atoms with Crippen LogP contribution in [0.25, 0.3) is 0 Å². The van der Waals surface area contributed by atoms with Crippen molar-refractivity contribution in [1.29, 1.82) is 0 Å². The molecule has 26 heavy (non-hydrogen) atoms. The van der Waals surface area contributed by atoms with E-state index in [2.05, 4.69) is 33.3 Å². The van der Waals surface area contributed by atoms with Crippen LogP contribution in [0.2, 0.25) is 0 Å². The second-order valence-electron chi connectivity index (χ2n) is 7.24. The van der Waals surface area contributed by atoms with Crippen molar-refractivity contribution in [3.8, 4) is 0 Å². The van der Waals surface area contributed by atoms with Crippen LogP contribution < -0.4 is 5.32 Å². The summed E-state index contributed by atoms with van der Waals surface area (Å²) in [7, 11) is 2.16. The molecule has 1 aliphatic heterocycles. The van der Waals surface area contributed by atoms with Crippen molar-refractivity contribution in [2.75, 3.05) is 38.7 Å². The van der Waals surface area contributed by atoms with Gasteiger partial charge in [-0.25, -0.2) is 15.0 Å². The Morgan fingerprint density at radius 2 is 2.23 bits per heavy atom. The highest BCUT2D eigenvalue weighted by Gasteiger charge is 2.19. The molecule has 3 heterocycles. The molecule has 1 saturated heterocycles. The van der Waals surface area contributed by atoms with Crippen LogP contribution in [-0.2, 0) is 24.1 Å².